The fraction of sp³-hybridized carbons (Fsp3) is 0.259. The predicted molar refractivity (Wildman–Crippen MR) is 142 cm³/mol. The van der Waals surface area contributed by atoms with Crippen LogP contribution in [0.25, 0.3) is 5.82 Å². The third kappa shape index (κ3) is 6.01. The number of aryl methyl sites for hydroxylation is 1. The summed E-state index contributed by atoms with van der Waals surface area (Å²) in [6.07, 6.45) is -0.485. The quantitative estimate of drug-likeness (QED) is 0.284. The molecule has 2 aromatic carbocycles. The summed E-state index contributed by atoms with van der Waals surface area (Å²) < 4.78 is 42.3. The number of nitrogens with zero attached hydrogens (tertiary/aromatic N) is 5. The summed E-state index contributed by atoms with van der Waals surface area (Å²) >= 11 is 0. The molecule has 1 saturated heterocycles. The van der Waals surface area contributed by atoms with Crippen LogP contribution in [0.3, 0.4) is 0 Å². The standard InChI is InChI=1S/C27H27F3N8O/c1-17-4-5-21(13-22(17)36-24-6-7-34-38(24)25-14-23(31-2)32-16-33-25)35-26(39)19-10-18(15-37-8-3-9-37)11-20(12-19)27(28,29)30/h4-7,10-14,16,36H,3,8-9,15H2,1-2H3,(H,35,39)(H,31,32,33). The first-order valence-electron chi connectivity index (χ1n) is 12.4. The summed E-state index contributed by atoms with van der Waals surface area (Å²) in [7, 11) is 1.75. The lowest BCUT2D eigenvalue weighted by Crippen LogP contribution is -2.36. The zero-order valence-electron chi connectivity index (χ0n) is 21.4. The molecule has 0 spiro atoms. The van der Waals surface area contributed by atoms with Crippen LogP contribution in [0.1, 0.15) is 33.5 Å². The highest BCUT2D eigenvalue weighted by Crippen LogP contribution is 2.32. The number of aromatic nitrogens is 4. The number of rotatable bonds is 8. The number of amides is 1. The number of anilines is 4. The van der Waals surface area contributed by atoms with Crippen molar-refractivity contribution in [2.24, 2.45) is 0 Å². The zero-order valence-corrected chi connectivity index (χ0v) is 21.4. The van der Waals surface area contributed by atoms with Gasteiger partial charge in [-0.05, 0) is 67.9 Å². The van der Waals surface area contributed by atoms with E-state index in [1.165, 1.54) is 12.4 Å². The van der Waals surface area contributed by atoms with Gasteiger partial charge in [-0.1, -0.05) is 6.07 Å². The van der Waals surface area contributed by atoms with Gasteiger partial charge in [0, 0.05) is 42.7 Å². The molecule has 9 nitrogen and oxygen atoms in total. The van der Waals surface area contributed by atoms with Crippen molar-refractivity contribution in [2.75, 3.05) is 36.1 Å². The van der Waals surface area contributed by atoms with Crippen LogP contribution in [0, 0.1) is 6.92 Å². The van der Waals surface area contributed by atoms with Gasteiger partial charge in [0.1, 0.15) is 18.0 Å². The Labute approximate surface area is 223 Å². The van der Waals surface area contributed by atoms with Crippen LogP contribution >= 0.6 is 0 Å². The molecule has 0 radical (unpaired) electrons. The number of hydrogen-bond donors (Lipinski definition) is 3. The number of hydrogen-bond acceptors (Lipinski definition) is 7. The molecule has 202 valence electrons. The van der Waals surface area contributed by atoms with E-state index in [0.717, 1.165) is 37.2 Å². The molecule has 3 N–H and O–H groups in total. The number of carbonyl (C=O) groups excluding carboxylic acids is 1. The van der Waals surface area contributed by atoms with E-state index >= 15 is 0 Å². The number of nitrogens with one attached hydrogen (secondary N) is 3. The van der Waals surface area contributed by atoms with Gasteiger partial charge in [-0.25, -0.2) is 9.97 Å². The van der Waals surface area contributed by atoms with Crippen molar-refractivity contribution in [3.63, 3.8) is 0 Å². The second-order valence-corrected chi connectivity index (χ2v) is 9.29. The molecular weight excluding hydrogens is 509 g/mol. The van der Waals surface area contributed by atoms with E-state index in [9.17, 15) is 18.0 Å². The van der Waals surface area contributed by atoms with Gasteiger partial charge in [-0.2, -0.15) is 23.0 Å². The lowest BCUT2D eigenvalue weighted by Gasteiger charge is -2.31. The maximum Gasteiger partial charge on any atom is 0.416 e. The number of carbonyl (C=O) groups is 1. The first-order valence-corrected chi connectivity index (χ1v) is 12.4. The fourth-order valence-corrected chi connectivity index (χ4v) is 4.23. The molecule has 5 rings (SSSR count). The molecule has 4 aromatic rings. The largest absolute Gasteiger partial charge is 0.416 e. The number of benzene rings is 2. The van der Waals surface area contributed by atoms with Gasteiger partial charge in [-0.15, -0.1) is 0 Å². The minimum absolute atomic E-state index is 0.0439. The second-order valence-electron chi connectivity index (χ2n) is 9.29. The average molecular weight is 537 g/mol. The van der Waals surface area contributed by atoms with E-state index in [0.29, 0.717) is 40.9 Å². The van der Waals surface area contributed by atoms with Gasteiger partial charge in [0.15, 0.2) is 5.82 Å². The number of halogens is 3. The van der Waals surface area contributed by atoms with Gasteiger partial charge >= 0.3 is 6.18 Å². The second kappa shape index (κ2) is 10.7. The molecule has 3 heterocycles. The molecule has 1 aliphatic rings. The van der Waals surface area contributed by atoms with Gasteiger partial charge in [0.2, 0.25) is 0 Å². The Morgan fingerprint density at radius 3 is 2.59 bits per heavy atom. The van der Waals surface area contributed by atoms with Crippen molar-refractivity contribution in [1.82, 2.24) is 24.6 Å². The molecule has 1 amide bonds. The van der Waals surface area contributed by atoms with Crippen molar-refractivity contribution in [2.45, 2.75) is 26.1 Å². The van der Waals surface area contributed by atoms with E-state index < -0.39 is 17.6 Å². The first-order chi connectivity index (χ1) is 18.7. The average Bonchev–Trinajstić information content (AvgIpc) is 3.35. The molecule has 39 heavy (non-hydrogen) atoms. The van der Waals surface area contributed by atoms with E-state index in [1.54, 1.807) is 42.2 Å². The van der Waals surface area contributed by atoms with Crippen LogP contribution in [0.4, 0.5) is 36.2 Å². The van der Waals surface area contributed by atoms with Gasteiger partial charge in [0.25, 0.3) is 5.91 Å². The van der Waals surface area contributed by atoms with Crippen LogP contribution < -0.4 is 16.0 Å². The van der Waals surface area contributed by atoms with Crippen LogP contribution in [0.5, 0.6) is 0 Å². The zero-order chi connectivity index (χ0) is 27.6. The topological polar surface area (TPSA) is 100 Å². The van der Waals surface area contributed by atoms with Gasteiger partial charge in [-0.3, -0.25) is 9.69 Å². The number of likely N-dealkylation sites (tertiary alicyclic amines) is 1. The Hall–Kier alpha value is -4.45. The predicted octanol–water partition coefficient (Wildman–Crippen LogP) is 5.23. The minimum atomic E-state index is -4.55. The summed E-state index contributed by atoms with van der Waals surface area (Å²) in [4.78, 5) is 23.5. The molecule has 0 unspecified atom stereocenters. The molecule has 1 aliphatic heterocycles. The summed E-state index contributed by atoms with van der Waals surface area (Å²) in [5.74, 6) is 1.18. The van der Waals surface area contributed by atoms with E-state index in [2.05, 4.69) is 31.0 Å². The minimum Gasteiger partial charge on any atom is -0.373 e. The molecule has 0 bridgehead atoms. The third-order valence-electron chi connectivity index (χ3n) is 6.46. The molecule has 0 saturated carbocycles. The monoisotopic (exact) mass is 536 g/mol. The van der Waals surface area contributed by atoms with Gasteiger partial charge in [0.05, 0.1) is 11.8 Å². The highest BCUT2D eigenvalue weighted by atomic mass is 19.4. The van der Waals surface area contributed by atoms with Crippen molar-refractivity contribution in [3.8, 4) is 5.82 Å². The Kier molecular flexibility index (Phi) is 7.20. The highest BCUT2D eigenvalue weighted by Gasteiger charge is 2.32. The smallest absolute Gasteiger partial charge is 0.373 e. The Morgan fingerprint density at radius 2 is 1.87 bits per heavy atom. The summed E-state index contributed by atoms with van der Waals surface area (Å²) in [5.41, 5.74) is 1.57. The molecule has 2 aromatic heterocycles. The first kappa shape index (κ1) is 26.2. The molecule has 1 fully saturated rings. The molecule has 0 atom stereocenters. The summed E-state index contributed by atoms with van der Waals surface area (Å²) in [5, 5.41) is 13.3. The fourth-order valence-electron chi connectivity index (χ4n) is 4.23. The third-order valence-corrected chi connectivity index (χ3v) is 6.46. The summed E-state index contributed by atoms with van der Waals surface area (Å²) in [6, 6.07) is 12.3. The van der Waals surface area contributed by atoms with Crippen molar-refractivity contribution < 1.29 is 18.0 Å². The van der Waals surface area contributed by atoms with Crippen LogP contribution in [-0.2, 0) is 12.7 Å². The van der Waals surface area contributed by atoms with Crippen molar-refractivity contribution in [3.05, 3.63) is 83.3 Å². The van der Waals surface area contributed by atoms with Crippen molar-refractivity contribution >= 4 is 28.9 Å². The summed E-state index contributed by atoms with van der Waals surface area (Å²) in [6.45, 7) is 3.94. The molecule has 12 heteroatoms. The Morgan fingerprint density at radius 1 is 1.05 bits per heavy atom. The SMILES string of the molecule is CNc1cc(-n2nccc2Nc2cc(NC(=O)c3cc(CN4CCC4)cc(C(F)(F)F)c3)ccc2C)ncn1. The lowest BCUT2D eigenvalue weighted by atomic mass is 10.0. The van der Waals surface area contributed by atoms with E-state index in [-0.39, 0.29) is 5.56 Å². The van der Waals surface area contributed by atoms with Crippen LogP contribution in [0.2, 0.25) is 0 Å². The normalized spacial score (nSPS) is 13.6. The van der Waals surface area contributed by atoms with Crippen LogP contribution in [0.15, 0.2) is 61.1 Å². The Bertz CT molecular complexity index is 1500. The van der Waals surface area contributed by atoms with Gasteiger partial charge < -0.3 is 16.0 Å². The molecule has 0 aliphatic carbocycles. The maximum atomic E-state index is 13.6. The Balaban J connectivity index is 1.37. The van der Waals surface area contributed by atoms with E-state index in [4.69, 9.17) is 0 Å². The highest BCUT2D eigenvalue weighted by molar-refractivity contribution is 6.04. The maximum absolute atomic E-state index is 13.6. The van der Waals surface area contributed by atoms with Crippen molar-refractivity contribution in [1.29, 1.82) is 0 Å². The van der Waals surface area contributed by atoms with Crippen LogP contribution in [-0.4, -0.2) is 50.7 Å². The number of alkyl halides is 3. The lowest BCUT2D eigenvalue weighted by molar-refractivity contribution is -0.137. The molecular formula is C27H27F3N8O. The van der Waals surface area contributed by atoms with E-state index in [1.807, 2.05) is 17.9 Å².